The lowest BCUT2D eigenvalue weighted by Gasteiger charge is -2.20. The van der Waals surface area contributed by atoms with Gasteiger partial charge in [0.05, 0.1) is 22.6 Å². The van der Waals surface area contributed by atoms with Crippen molar-refractivity contribution in [2.75, 3.05) is 5.32 Å². The fourth-order valence-electron chi connectivity index (χ4n) is 4.51. The Labute approximate surface area is 211 Å². The summed E-state index contributed by atoms with van der Waals surface area (Å²) in [5.74, 6) is -0.196. The minimum absolute atomic E-state index is 0.0362. The van der Waals surface area contributed by atoms with Crippen molar-refractivity contribution in [3.8, 4) is 11.3 Å². The first-order valence-electron chi connectivity index (χ1n) is 11.4. The maximum Gasteiger partial charge on any atom is 0.269 e. The lowest BCUT2D eigenvalue weighted by atomic mass is 9.98. The van der Waals surface area contributed by atoms with E-state index in [2.05, 4.69) is 15.4 Å². The quantitative estimate of drug-likeness (QED) is 0.316. The summed E-state index contributed by atoms with van der Waals surface area (Å²) in [4.78, 5) is 29.5. The molecule has 0 saturated carbocycles. The minimum Gasteiger partial charge on any atom is -0.455 e. The number of hydrogen-bond donors (Lipinski definition) is 2. The number of carbonyl (C=O) groups is 1. The second-order valence-corrected chi connectivity index (χ2v) is 9.34. The maximum atomic E-state index is 13.5. The van der Waals surface area contributed by atoms with Gasteiger partial charge in [-0.05, 0) is 62.7 Å². The second kappa shape index (κ2) is 8.80. The van der Waals surface area contributed by atoms with E-state index < -0.39 is 5.91 Å². The van der Waals surface area contributed by atoms with Crippen LogP contribution in [0.25, 0.3) is 33.2 Å². The van der Waals surface area contributed by atoms with E-state index in [1.807, 2.05) is 57.4 Å². The average Bonchev–Trinajstić information content (AvgIpc) is 3.21. The number of carbonyl (C=O) groups excluding carboxylic acids is 1. The Balaban J connectivity index is 1.67. The van der Waals surface area contributed by atoms with E-state index >= 15 is 0 Å². The zero-order chi connectivity index (χ0) is 25.7. The van der Waals surface area contributed by atoms with Gasteiger partial charge in [0, 0.05) is 35.3 Å². The summed E-state index contributed by atoms with van der Waals surface area (Å²) in [6.07, 6.45) is 1.92. The number of anilines is 1. The highest BCUT2D eigenvalue weighted by molar-refractivity contribution is 6.29. The summed E-state index contributed by atoms with van der Waals surface area (Å²) in [6, 6.07) is 12.4. The number of pyridine rings is 1. The zero-order valence-electron chi connectivity index (χ0n) is 20.2. The molecule has 3 heterocycles. The summed E-state index contributed by atoms with van der Waals surface area (Å²) in [5, 5.41) is 9.31. The fraction of sp³-hybridized carbons (Fsp3) is 0.185. The van der Waals surface area contributed by atoms with Crippen molar-refractivity contribution in [2.24, 2.45) is 12.8 Å². The topological polar surface area (TPSA) is 116 Å². The number of nitrogens with one attached hydrogen (secondary N) is 1. The molecule has 182 valence electrons. The van der Waals surface area contributed by atoms with E-state index in [0.29, 0.717) is 28.0 Å². The van der Waals surface area contributed by atoms with Crippen LogP contribution < -0.4 is 16.5 Å². The van der Waals surface area contributed by atoms with Crippen LogP contribution in [0.2, 0.25) is 5.15 Å². The van der Waals surface area contributed by atoms with E-state index in [-0.39, 0.29) is 22.3 Å². The molecule has 1 amide bonds. The molecule has 9 heteroatoms. The molecular weight excluding hydrogens is 478 g/mol. The van der Waals surface area contributed by atoms with Gasteiger partial charge in [0.25, 0.3) is 5.91 Å². The van der Waals surface area contributed by atoms with E-state index in [9.17, 15) is 9.59 Å². The molecule has 0 aliphatic carbocycles. The molecule has 0 aliphatic heterocycles. The first kappa shape index (κ1) is 23.6. The summed E-state index contributed by atoms with van der Waals surface area (Å²) >= 11 is 5.96. The van der Waals surface area contributed by atoms with Gasteiger partial charge in [0.2, 0.25) is 0 Å². The Bertz CT molecular complexity index is 1740. The van der Waals surface area contributed by atoms with Crippen LogP contribution >= 0.6 is 11.6 Å². The van der Waals surface area contributed by atoms with E-state index in [1.54, 1.807) is 23.7 Å². The fourth-order valence-corrected chi connectivity index (χ4v) is 4.65. The van der Waals surface area contributed by atoms with Crippen LogP contribution in [0.15, 0.2) is 57.9 Å². The van der Waals surface area contributed by atoms with Gasteiger partial charge in [-0.25, -0.2) is 4.98 Å². The van der Waals surface area contributed by atoms with E-state index in [1.165, 1.54) is 0 Å². The smallest absolute Gasteiger partial charge is 0.269 e. The molecule has 0 radical (unpaired) electrons. The number of primary amides is 1. The van der Waals surface area contributed by atoms with Gasteiger partial charge in [-0.15, -0.1) is 0 Å². The van der Waals surface area contributed by atoms with Crippen LogP contribution in [0.1, 0.15) is 40.1 Å². The molecule has 1 unspecified atom stereocenters. The normalized spacial score (nSPS) is 12.2. The number of fused-ring (bicyclic) bond motifs is 2. The number of halogens is 1. The number of aryl methyl sites for hydroxylation is 2. The van der Waals surface area contributed by atoms with Crippen molar-refractivity contribution in [1.82, 2.24) is 14.8 Å². The highest BCUT2D eigenvalue weighted by Crippen LogP contribution is 2.33. The molecule has 2 aromatic carbocycles. The molecular formula is C27H24ClN5O3. The van der Waals surface area contributed by atoms with Crippen molar-refractivity contribution >= 4 is 45.1 Å². The summed E-state index contributed by atoms with van der Waals surface area (Å²) in [6.45, 7) is 5.61. The first-order chi connectivity index (χ1) is 17.1. The van der Waals surface area contributed by atoms with Crippen LogP contribution in [0.5, 0.6) is 0 Å². The van der Waals surface area contributed by atoms with Crippen LogP contribution in [0.4, 0.5) is 5.69 Å². The highest BCUT2D eigenvalue weighted by atomic mass is 35.5. The lowest BCUT2D eigenvalue weighted by Crippen LogP contribution is -2.18. The van der Waals surface area contributed by atoms with Gasteiger partial charge in [-0.2, -0.15) is 5.10 Å². The first-order valence-corrected chi connectivity index (χ1v) is 11.7. The number of rotatable bonds is 5. The Kier molecular flexibility index (Phi) is 5.76. The predicted molar refractivity (Wildman–Crippen MR) is 141 cm³/mol. The van der Waals surface area contributed by atoms with Gasteiger partial charge < -0.3 is 15.5 Å². The largest absolute Gasteiger partial charge is 0.455 e. The minimum atomic E-state index is -0.698. The van der Waals surface area contributed by atoms with Crippen molar-refractivity contribution in [2.45, 2.75) is 26.8 Å². The van der Waals surface area contributed by atoms with Gasteiger partial charge in [-0.1, -0.05) is 17.7 Å². The van der Waals surface area contributed by atoms with Gasteiger partial charge >= 0.3 is 0 Å². The van der Waals surface area contributed by atoms with Crippen molar-refractivity contribution in [3.05, 3.63) is 86.4 Å². The van der Waals surface area contributed by atoms with Gasteiger partial charge in [-0.3, -0.25) is 14.3 Å². The van der Waals surface area contributed by atoms with Crippen molar-refractivity contribution in [1.29, 1.82) is 0 Å². The summed E-state index contributed by atoms with van der Waals surface area (Å²) in [7, 11) is 1.87. The zero-order valence-corrected chi connectivity index (χ0v) is 21.0. The molecule has 1 atom stereocenters. The Morgan fingerprint density at radius 3 is 2.69 bits per heavy atom. The van der Waals surface area contributed by atoms with Gasteiger partial charge in [0.15, 0.2) is 11.1 Å². The Morgan fingerprint density at radius 1 is 1.17 bits per heavy atom. The molecule has 0 aliphatic rings. The third-order valence-electron chi connectivity index (χ3n) is 6.21. The SMILES string of the molecule is Cc1cc(C(C)Nc2ccc(Cl)nc2C(N)=O)c2oc(-c3ccc4nn(C)cc4c3)c(C)c(=O)c2c1. The molecule has 36 heavy (non-hydrogen) atoms. The number of nitrogens with two attached hydrogens (primary N) is 1. The average molecular weight is 502 g/mol. The predicted octanol–water partition coefficient (Wildman–Crippen LogP) is 5.28. The summed E-state index contributed by atoms with van der Waals surface area (Å²) in [5.41, 5.74) is 10.2. The van der Waals surface area contributed by atoms with Crippen LogP contribution in [-0.4, -0.2) is 20.7 Å². The molecule has 0 fully saturated rings. The molecule has 3 N–H and O–H groups in total. The Morgan fingerprint density at radius 2 is 1.94 bits per heavy atom. The number of hydrogen-bond acceptors (Lipinski definition) is 6. The van der Waals surface area contributed by atoms with E-state index in [0.717, 1.165) is 27.6 Å². The molecule has 0 saturated heterocycles. The maximum absolute atomic E-state index is 13.5. The molecule has 8 nitrogen and oxygen atoms in total. The van der Waals surface area contributed by atoms with Gasteiger partial charge in [0.1, 0.15) is 16.5 Å². The molecule has 5 rings (SSSR count). The van der Waals surface area contributed by atoms with Crippen LogP contribution in [-0.2, 0) is 7.05 Å². The summed E-state index contributed by atoms with van der Waals surface area (Å²) < 4.78 is 8.21. The second-order valence-electron chi connectivity index (χ2n) is 8.95. The monoisotopic (exact) mass is 501 g/mol. The number of amides is 1. The van der Waals surface area contributed by atoms with Crippen LogP contribution in [0, 0.1) is 13.8 Å². The third-order valence-corrected chi connectivity index (χ3v) is 6.42. The molecule has 0 spiro atoms. The highest BCUT2D eigenvalue weighted by Gasteiger charge is 2.21. The van der Waals surface area contributed by atoms with Crippen LogP contribution in [0.3, 0.4) is 0 Å². The standard InChI is InChI=1S/C27H24ClN5O3/c1-13-9-18(15(3)30-21-7-8-22(28)31-23(21)27(29)35)26-19(10-13)24(34)14(2)25(36-26)16-5-6-20-17(11-16)12-33(4)32-20/h5-12,15,30H,1-4H3,(H2,29,35). The van der Waals surface area contributed by atoms with E-state index in [4.69, 9.17) is 21.8 Å². The number of benzene rings is 2. The Hall–Kier alpha value is -4.17. The molecule has 5 aromatic rings. The number of aromatic nitrogens is 3. The molecule has 3 aromatic heterocycles. The number of nitrogens with zero attached hydrogens (tertiary/aromatic N) is 3. The molecule has 0 bridgehead atoms. The lowest BCUT2D eigenvalue weighted by molar-refractivity contribution is 0.0996. The van der Waals surface area contributed by atoms with Crippen molar-refractivity contribution < 1.29 is 9.21 Å². The third kappa shape index (κ3) is 4.09. The van der Waals surface area contributed by atoms with Crippen molar-refractivity contribution in [3.63, 3.8) is 0 Å².